The highest BCUT2D eigenvalue weighted by atomic mass is 16.5. The van der Waals surface area contributed by atoms with E-state index in [9.17, 15) is 0 Å². The Labute approximate surface area is 55.3 Å². The fourth-order valence-corrected chi connectivity index (χ4v) is 0.455. The molecular formula is C6H14O3. The van der Waals surface area contributed by atoms with Crippen LogP contribution in [0, 0.1) is 0 Å². The van der Waals surface area contributed by atoms with Gasteiger partial charge in [-0.15, -0.1) is 0 Å². The standard InChI is InChI=1S/C6H14O3/c1-2-9-4-3-6(8)5-7/h6-8H,2-5H2,1H3. The number of hydrogen-bond acceptors (Lipinski definition) is 3. The Morgan fingerprint density at radius 3 is 2.67 bits per heavy atom. The molecule has 0 radical (unpaired) electrons. The lowest BCUT2D eigenvalue weighted by atomic mass is 10.3. The fraction of sp³-hybridized carbons (Fsp3) is 1.00. The van der Waals surface area contributed by atoms with E-state index in [1.54, 1.807) is 0 Å². The number of aliphatic hydroxyl groups is 2. The average molecular weight is 134 g/mol. The minimum Gasteiger partial charge on any atom is -0.394 e. The highest BCUT2D eigenvalue weighted by molar-refractivity contribution is 4.49. The normalized spacial score (nSPS) is 13.7. The van der Waals surface area contributed by atoms with E-state index in [4.69, 9.17) is 14.9 Å². The summed E-state index contributed by atoms with van der Waals surface area (Å²) in [6.07, 6.45) is -0.0961. The molecule has 0 aromatic rings. The van der Waals surface area contributed by atoms with Crippen LogP contribution in [0.1, 0.15) is 13.3 Å². The van der Waals surface area contributed by atoms with E-state index in [2.05, 4.69) is 0 Å². The Balaban J connectivity index is 2.88. The summed E-state index contributed by atoms with van der Waals surface area (Å²) < 4.78 is 4.93. The highest BCUT2D eigenvalue weighted by Gasteiger charge is 1.99. The van der Waals surface area contributed by atoms with Gasteiger partial charge in [-0.3, -0.25) is 0 Å². The molecule has 1 unspecified atom stereocenters. The Morgan fingerprint density at radius 1 is 1.56 bits per heavy atom. The zero-order chi connectivity index (χ0) is 7.11. The molecule has 2 N–H and O–H groups in total. The molecule has 0 aliphatic carbocycles. The lowest BCUT2D eigenvalue weighted by molar-refractivity contribution is 0.0518. The largest absolute Gasteiger partial charge is 0.394 e. The van der Waals surface area contributed by atoms with E-state index in [1.165, 1.54) is 0 Å². The Morgan fingerprint density at radius 2 is 2.22 bits per heavy atom. The second kappa shape index (κ2) is 6.01. The molecule has 0 saturated carbocycles. The number of ether oxygens (including phenoxy) is 1. The Kier molecular flexibility index (Phi) is 5.93. The van der Waals surface area contributed by atoms with E-state index < -0.39 is 6.10 Å². The Bertz CT molecular complexity index is 56.3. The van der Waals surface area contributed by atoms with Crippen LogP contribution in [0.4, 0.5) is 0 Å². The molecule has 0 aromatic carbocycles. The molecule has 0 rings (SSSR count). The van der Waals surface area contributed by atoms with Crippen molar-refractivity contribution < 1.29 is 14.9 Å². The van der Waals surface area contributed by atoms with E-state index in [1.807, 2.05) is 6.92 Å². The molecule has 3 nitrogen and oxygen atoms in total. The molecule has 0 fully saturated rings. The van der Waals surface area contributed by atoms with Crippen molar-refractivity contribution in [2.45, 2.75) is 19.4 Å². The zero-order valence-electron chi connectivity index (χ0n) is 5.71. The van der Waals surface area contributed by atoms with Gasteiger partial charge >= 0.3 is 0 Å². The number of hydrogen-bond donors (Lipinski definition) is 2. The van der Waals surface area contributed by atoms with Gasteiger partial charge in [-0.25, -0.2) is 0 Å². The van der Waals surface area contributed by atoms with Gasteiger partial charge < -0.3 is 14.9 Å². The summed E-state index contributed by atoms with van der Waals surface area (Å²) in [5, 5.41) is 17.1. The van der Waals surface area contributed by atoms with Crippen LogP contribution in [-0.2, 0) is 4.74 Å². The monoisotopic (exact) mass is 134 g/mol. The molecule has 56 valence electrons. The molecule has 3 heteroatoms. The van der Waals surface area contributed by atoms with Gasteiger partial charge in [-0.05, 0) is 13.3 Å². The van der Waals surface area contributed by atoms with E-state index in [0.29, 0.717) is 19.6 Å². The fourth-order valence-electron chi connectivity index (χ4n) is 0.455. The van der Waals surface area contributed by atoms with E-state index in [0.717, 1.165) is 0 Å². The average Bonchev–Trinajstić information content (AvgIpc) is 1.89. The van der Waals surface area contributed by atoms with Gasteiger partial charge in [0.15, 0.2) is 0 Å². The van der Waals surface area contributed by atoms with Crippen molar-refractivity contribution in [3.8, 4) is 0 Å². The van der Waals surface area contributed by atoms with Gasteiger partial charge in [0, 0.05) is 13.2 Å². The van der Waals surface area contributed by atoms with Crippen molar-refractivity contribution >= 4 is 0 Å². The van der Waals surface area contributed by atoms with Crippen LogP contribution >= 0.6 is 0 Å². The smallest absolute Gasteiger partial charge is 0.0792 e. The minimum atomic E-state index is -0.614. The lowest BCUT2D eigenvalue weighted by Crippen LogP contribution is -2.14. The maximum absolute atomic E-state index is 8.75. The third kappa shape index (κ3) is 5.76. The van der Waals surface area contributed by atoms with Gasteiger partial charge in [0.1, 0.15) is 0 Å². The highest BCUT2D eigenvalue weighted by Crippen LogP contribution is 1.89. The van der Waals surface area contributed by atoms with Crippen molar-refractivity contribution in [2.24, 2.45) is 0 Å². The molecule has 0 heterocycles. The number of aliphatic hydroxyl groups excluding tert-OH is 2. The van der Waals surface area contributed by atoms with Crippen molar-refractivity contribution in [2.75, 3.05) is 19.8 Å². The first-order chi connectivity index (χ1) is 4.31. The van der Waals surface area contributed by atoms with Crippen molar-refractivity contribution in [1.29, 1.82) is 0 Å². The summed E-state index contributed by atoms with van der Waals surface area (Å²) in [6.45, 7) is 2.91. The molecule has 0 bridgehead atoms. The van der Waals surface area contributed by atoms with Crippen LogP contribution < -0.4 is 0 Å². The minimum absolute atomic E-state index is 0.174. The van der Waals surface area contributed by atoms with Gasteiger partial charge in [0.25, 0.3) is 0 Å². The second-order valence-electron chi connectivity index (χ2n) is 1.82. The van der Waals surface area contributed by atoms with E-state index in [-0.39, 0.29) is 6.61 Å². The maximum atomic E-state index is 8.75. The van der Waals surface area contributed by atoms with Gasteiger partial charge in [0.2, 0.25) is 0 Å². The van der Waals surface area contributed by atoms with Gasteiger partial charge in [0.05, 0.1) is 12.7 Å². The molecule has 0 spiro atoms. The Hall–Kier alpha value is -0.120. The first kappa shape index (κ1) is 8.88. The van der Waals surface area contributed by atoms with Crippen molar-refractivity contribution in [3.05, 3.63) is 0 Å². The first-order valence-corrected chi connectivity index (χ1v) is 3.18. The molecule has 9 heavy (non-hydrogen) atoms. The zero-order valence-corrected chi connectivity index (χ0v) is 5.71. The van der Waals surface area contributed by atoms with Gasteiger partial charge in [-0.2, -0.15) is 0 Å². The van der Waals surface area contributed by atoms with Crippen LogP contribution in [0.2, 0.25) is 0 Å². The van der Waals surface area contributed by atoms with Crippen molar-refractivity contribution in [3.63, 3.8) is 0 Å². The van der Waals surface area contributed by atoms with Crippen molar-refractivity contribution in [1.82, 2.24) is 0 Å². The summed E-state index contributed by atoms with van der Waals surface area (Å²) in [5.74, 6) is 0. The third-order valence-corrected chi connectivity index (χ3v) is 1.01. The molecule has 0 aliphatic heterocycles. The lowest BCUT2D eigenvalue weighted by Gasteiger charge is -2.05. The van der Waals surface area contributed by atoms with Crippen LogP contribution in [-0.4, -0.2) is 36.1 Å². The maximum Gasteiger partial charge on any atom is 0.0792 e. The third-order valence-electron chi connectivity index (χ3n) is 1.01. The van der Waals surface area contributed by atoms with Crippen LogP contribution in [0.25, 0.3) is 0 Å². The molecule has 0 amide bonds. The van der Waals surface area contributed by atoms with E-state index >= 15 is 0 Å². The summed E-state index contributed by atoms with van der Waals surface area (Å²) >= 11 is 0. The predicted molar refractivity (Wildman–Crippen MR) is 34.2 cm³/mol. The molecule has 0 saturated heterocycles. The van der Waals surface area contributed by atoms with Crippen LogP contribution in [0.3, 0.4) is 0 Å². The summed E-state index contributed by atoms with van der Waals surface area (Å²) in [4.78, 5) is 0. The van der Waals surface area contributed by atoms with Gasteiger partial charge in [-0.1, -0.05) is 0 Å². The van der Waals surface area contributed by atoms with Crippen LogP contribution in [0.5, 0.6) is 0 Å². The summed E-state index contributed by atoms with van der Waals surface area (Å²) in [5.41, 5.74) is 0. The summed E-state index contributed by atoms with van der Waals surface area (Å²) in [6, 6.07) is 0. The second-order valence-corrected chi connectivity index (χ2v) is 1.82. The first-order valence-electron chi connectivity index (χ1n) is 3.18. The predicted octanol–water partition coefficient (Wildman–Crippen LogP) is -0.234. The molecule has 0 aliphatic rings. The molecule has 0 aromatic heterocycles. The summed E-state index contributed by atoms with van der Waals surface area (Å²) in [7, 11) is 0. The van der Waals surface area contributed by atoms with Crippen LogP contribution in [0.15, 0.2) is 0 Å². The SMILES string of the molecule is CCOCCC(O)CO. The molecule has 1 atom stereocenters. The quantitative estimate of drug-likeness (QED) is 0.510. The number of rotatable bonds is 5. The topological polar surface area (TPSA) is 49.7 Å². The molecular weight excluding hydrogens is 120 g/mol.